The van der Waals surface area contributed by atoms with E-state index < -0.39 is 5.97 Å². The van der Waals surface area contributed by atoms with Crippen LogP contribution in [0.3, 0.4) is 0 Å². The van der Waals surface area contributed by atoms with Crippen LogP contribution in [0.15, 0.2) is 10.1 Å². The Labute approximate surface area is 64.7 Å². The van der Waals surface area contributed by atoms with E-state index in [2.05, 4.69) is 26.4 Å². The smallest absolute Gasteiger partial charge is 0.379 e. The highest BCUT2D eigenvalue weighted by molar-refractivity contribution is 6.36. The number of carbonyl (C=O) groups is 1. The van der Waals surface area contributed by atoms with E-state index in [0.717, 1.165) is 0 Å². The largest absolute Gasteiger partial charge is 0.460 e. The molecule has 0 fully saturated rings. The number of oxime groups is 1. The van der Waals surface area contributed by atoms with Crippen molar-refractivity contribution in [1.82, 2.24) is 0 Å². The maximum absolute atomic E-state index is 10.8. The minimum atomic E-state index is -0.635. The molecule has 0 atom stereocenters. The second kappa shape index (κ2) is 5.40. The number of hydrogen-bond donors (Lipinski definition) is 0. The molecular weight excluding hydrogens is 148 g/mol. The normalized spacial score (nSPS) is 10.5. The third-order valence-corrected chi connectivity index (χ3v) is 0.786. The summed E-state index contributed by atoms with van der Waals surface area (Å²) in [5.74, 6) is -0.807. The van der Waals surface area contributed by atoms with Gasteiger partial charge in [-0.3, -0.25) is 0 Å². The van der Waals surface area contributed by atoms with Gasteiger partial charge in [0.2, 0.25) is 0 Å². The highest BCUT2D eigenvalue weighted by atomic mass is 16.6. The summed E-state index contributed by atoms with van der Waals surface area (Å²) in [4.78, 5) is 18.4. The summed E-state index contributed by atoms with van der Waals surface area (Å²) in [5.41, 5.74) is 0. The maximum atomic E-state index is 10.8. The standard InChI is InChI=1S/C6H10N2O3/c1-4-11-6(9)5(7-2)8-10-3/h2,4H2,1,3H3/b8-5-. The molecule has 0 aliphatic carbocycles. The molecule has 0 spiro atoms. The number of aliphatic imine (C=N–C) groups is 1. The van der Waals surface area contributed by atoms with Crippen LogP contribution >= 0.6 is 0 Å². The van der Waals surface area contributed by atoms with Gasteiger partial charge in [-0.05, 0) is 13.6 Å². The minimum Gasteiger partial charge on any atom is -0.460 e. The summed E-state index contributed by atoms with van der Waals surface area (Å²) in [5, 5.41) is 3.27. The molecule has 62 valence electrons. The van der Waals surface area contributed by atoms with Crippen LogP contribution < -0.4 is 0 Å². The highest BCUT2D eigenvalue weighted by Crippen LogP contribution is 1.86. The summed E-state index contributed by atoms with van der Waals surface area (Å²) in [6.45, 7) is 5.08. The third kappa shape index (κ3) is 3.34. The third-order valence-electron chi connectivity index (χ3n) is 0.786. The van der Waals surface area contributed by atoms with Crippen LogP contribution in [0.5, 0.6) is 0 Å². The fourth-order valence-corrected chi connectivity index (χ4v) is 0.413. The summed E-state index contributed by atoms with van der Waals surface area (Å²) >= 11 is 0. The Kier molecular flexibility index (Phi) is 4.72. The lowest BCUT2D eigenvalue weighted by Crippen LogP contribution is -2.15. The van der Waals surface area contributed by atoms with Crippen molar-refractivity contribution < 1.29 is 14.4 Å². The van der Waals surface area contributed by atoms with E-state index in [1.807, 2.05) is 0 Å². The first kappa shape index (κ1) is 9.61. The van der Waals surface area contributed by atoms with E-state index in [4.69, 9.17) is 0 Å². The van der Waals surface area contributed by atoms with Gasteiger partial charge in [-0.2, -0.15) is 0 Å². The highest BCUT2D eigenvalue weighted by Gasteiger charge is 2.09. The Bertz CT molecular complexity index is 177. The van der Waals surface area contributed by atoms with Gasteiger partial charge in [0.25, 0.3) is 5.84 Å². The molecule has 0 aliphatic heterocycles. The van der Waals surface area contributed by atoms with Gasteiger partial charge in [0.1, 0.15) is 7.11 Å². The second-order valence-corrected chi connectivity index (χ2v) is 1.48. The molecule has 0 rings (SSSR count). The summed E-state index contributed by atoms with van der Waals surface area (Å²) in [7, 11) is 1.31. The second-order valence-electron chi connectivity index (χ2n) is 1.48. The predicted octanol–water partition coefficient (Wildman–Crippen LogP) is 0.210. The number of nitrogens with zero attached hydrogens (tertiary/aromatic N) is 2. The molecule has 0 radical (unpaired) electrons. The fourth-order valence-electron chi connectivity index (χ4n) is 0.413. The average Bonchev–Trinajstić information content (AvgIpc) is 2.00. The molecule has 0 bridgehead atoms. The molecule has 0 N–H and O–H groups in total. The van der Waals surface area contributed by atoms with Crippen LogP contribution in [0, 0.1) is 0 Å². The van der Waals surface area contributed by atoms with Crippen molar-refractivity contribution in [1.29, 1.82) is 0 Å². The average molecular weight is 158 g/mol. The molecule has 0 saturated heterocycles. The molecule has 0 aromatic heterocycles. The zero-order valence-corrected chi connectivity index (χ0v) is 6.53. The van der Waals surface area contributed by atoms with Gasteiger partial charge < -0.3 is 9.57 Å². The number of carbonyl (C=O) groups excluding carboxylic acids is 1. The van der Waals surface area contributed by atoms with E-state index in [1.165, 1.54) is 7.11 Å². The zero-order chi connectivity index (χ0) is 8.69. The molecule has 11 heavy (non-hydrogen) atoms. The Morgan fingerprint density at radius 3 is 2.64 bits per heavy atom. The number of rotatable bonds is 2. The van der Waals surface area contributed by atoms with Crippen molar-refractivity contribution in [2.24, 2.45) is 10.1 Å². The first-order valence-corrected chi connectivity index (χ1v) is 3.01. The van der Waals surface area contributed by atoms with Gasteiger partial charge in [-0.25, -0.2) is 9.79 Å². The van der Waals surface area contributed by atoms with Crippen LogP contribution in [-0.2, 0) is 14.4 Å². The Morgan fingerprint density at radius 1 is 1.64 bits per heavy atom. The zero-order valence-electron chi connectivity index (χ0n) is 6.53. The summed E-state index contributed by atoms with van der Waals surface area (Å²) in [6.07, 6.45) is 0. The first-order valence-electron chi connectivity index (χ1n) is 3.01. The van der Waals surface area contributed by atoms with Crippen LogP contribution in [0.4, 0.5) is 0 Å². The van der Waals surface area contributed by atoms with Crippen LogP contribution in [0.25, 0.3) is 0 Å². The van der Waals surface area contributed by atoms with Crippen molar-refractivity contribution >= 4 is 18.5 Å². The lowest BCUT2D eigenvalue weighted by atomic mass is 10.6. The molecule has 5 nitrogen and oxygen atoms in total. The number of amidine groups is 1. The molecule has 0 heterocycles. The lowest BCUT2D eigenvalue weighted by molar-refractivity contribution is -0.135. The Morgan fingerprint density at radius 2 is 2.27 bits per heavy atom. The monoisotopic (exact) mass is 158 g/mol. The summed E-state index contributed by atoms with van der Waals surface area (Å²) in [6, 6.07) is 0. The van der Waals surface area contributed by atoms with E-state index in [0.29, 0.717) is 0 Å². The van der Waals surface area contributed by atoms with Crippen LogP contribution in [0.2, 0.25) is 0 Å². The molecule has 0 unspecified atom stereocenters. The number of esters is 1. The van der Waals surface area contributed by atoms with Crippen molar-refractivity contribution in [3.8, 4) is 0 Å². The maximum Gasteiger partial charge on any atom is 0.379 e. The predicted molar refractivity (Wildman–Crippen MR) is 40.6 cm³/mol. The SMILES string of the molecule is C=N/C(=N\OC)C(=O)OCC. The van der Waals surface area contributed by atoms with Crippen molar-refractivity contribution in [3.63, 3.8) is 0 Å². The minimum absolute atomic E-state index is 0.172. The van der Waals surface area contributed by atoms with Gasteiger partial charge >= 0.3 is 5.97 Å². The van der Waals surface area contributed by atoms with Gasteiger partial charge in [0.15, 0.2) is 0 Å². The molecule has 5 heteroatoms. The Balaban J connectivity index is 4.14. The molecule has 0 amide bonds. The first-order chi connectivity index (χ1) is 5.26. The molecule has 0 aromatic rings. The van der Waals surface area contributed by atoms with Crippen LogP contribution in [0.1, 0.15) is 6.92 Å². The van der Waals surface area contributed by atoms with Crippen molar-refractivity contribution in [2.45, 2.75) is 6.92 Å². The van der Waals surface area contributed by atoms with E-state index in [9.17, 15) is 4.79 Å². The Hall–Kier alpha value is -1.39. The van der Waals surface area contributed by atoms with E-state index >= 15 is 0 Å². The van der Waals surface area contributed by atoms with Gasteiger partial charge in [0, 0.05) is 0 Å². The number of hydrogen-bond acceptors (Lipinski definition) is 4. The molecule has 0 aromatic carbocycles. The topological polar surface area (TPSA) is 60.2 Å². The summed E-state index contributed by atoms with van der Waals surface area (Å²) < 4.78 is 4.56. The van der Waals surface area contributed by atoms with E-state index in [-0.39, 0.29) is 12.4 Å². The van der Waals surface area contributed by atoms with Crippen molar-refractivity contribution in [3.05, 3.63) is 0 Å². The molecular formula is C6H10N2O3. The van der Waals surface area contributed by atoms with Gasteiger partial charge in [-0.15, -0.1) is 0 Å². The quantitative estimate of drug-likeness (QED) is 0.250. The number of ether oxygens (including phenoxy) is 1. The fraction of sp³-hybridized carbons (Fsp3) is 0.500. The van der Waals surface area contributed by atoms with Crippen molar-refractivity contribution in [2.75, 3.05) is 13.7 Å². The van der Waals surface area contributed by atoms with Crippen LogP contribution in [-0.4, -0.2) is 32.2 Å². The van der Waals surface area contributed by atoms with E-state index in [1.54, 1.807) is 6.92 Å². The molecule has 0 aliphatic rings. The molecule has 0 saturated carbocycles. The van der Waals surface area contributed by atoms with Gasteiger partial charge in [0.05, 0.1) is 6.61 Å². The van der Waals surface area contributed by atoms with Gasteiger partial charge in [-0.1, -0.05) is 5.16 Å². The lowest BCUT2D eigenvalue weighted by Gasteiger charge is -1.98.